The monoisotopic (exact) mass is 306 g/mol. The largest absolute Gasteiger partial charge is 0.399 e. The second kappa shape index (κ2) is 5.63. The maximum absolute atomic E-state index is 13.7. The van der Waals surface area contributed by atoms with Gasteiger partial charge < -0.3 is 10.5 Å². The predicted molar refractivity (Wildman–Crippen MR) is 69.5 cm³/mol. The zero-order valence-corrected chi connectivity index (χ0v) is 11.7. The van der Waals surface area contributed by atoms with Crippen molar-refractivity contribution in [2.24, 2.45) is 0 Å². The van der Waals surface area contributed by atoms with Crippen LogP contribution in [0.4, 0.5) is 14.5 Å². The summed E-state index contributed by atoms with van der Waals surface area (Å²) in [7, 11) is -4.27. The van der Waals surface area contributed by atoms with Crippen molar-refractivity contribution in [1.82, 2.24) is 4.72 Å². The second-order valence-corrected chi connectivity index (χ2v) is 6.49. The molecule has 1 aromatic rings. The molecule has 3 N–H and O–H groups in total. The van der Waals surface area contributed by atoms with E-state index < -0.39 is 32.6 Å². The quantitative estimate of drug-likeness (QED) is 0.827. The smallest absolute Gasteiger partial charge is 0.246 e. The molecular formula is C12H16F2N2O3S. The van der Waals surface area contributed by atoms with E-state index in [4.69, 9.17) is 10.5 Å². The van der Waals surface area contributed by atoms with Gasteiger partial charge in [-0.1, -0.05) is 0 Å². The Hall–Kier alpha value is -1.25. The SMILES string of the molecule is CC1CC(NS(=O)(=O)c2c(F)cc(N)cc2F)CCO1. The van der Waals surface area contributed by atoms with Crippen LogP contribution in [0.3, 0.4) is 0 Å². The summed E-state index contributed by atoms with van der Waals surface area (Å²) in [6, 6.07) is 1.16. The molecule has 5 nitrogen and oxygen atoms in total. The number of hydrogen-bond acceptors (Lipinski definition) is 4. The lowest BCUT2D eigenvalue weighted by molar-refractivity contribution is 0.0173. The van der Waals surface area contributed by atoms with Crippen LogP contribution in [0.25, 0.3) is 0 Å². The molecule has 1 heterocycles. The average molecular weight is 306 g/mol. The summed E-state index contributed by atoms with van der Waals surface area (Å²) >= 11 is 0. The fourth-order valence-corrected chi connectivity index (χ4v) is 3.62. The van der Waals surface area contributed by atoms with Crippen molar-refractivity contribution in [3.05, 3.63) is 23.8 Å². The summed E-state index contributed by atoms with van der Waals surface area (Å²) in [5, 5.41) is 0. The summed E-state index contributed by atoms with van der Waals surface area (Å²) in [6.07, 6.45) is 0.816. The minimum Gasteiger partial charge on any atom is -0.399 e. The molecule has 0 saturated carbocycles. The molecule has 0 bridgehead atoms. The number of nitrogen functional groups attached to an aromatic ring is 1. The van der Waals surface area contributed by atoms with Gasteiger partial charge in [-0.05, 0) is 31.9 Å². The first kappa shape index (κ1) is 15.1. The molecule has 8 heteroatoms. The Kier molecular flexibility index (Phi) is 4.26. The third-order valence-corrected chi connectivity index (χ3v) is 4.67. The number of ether oxygens (including phenoxy) is 1. The highest BCUT2D eigenvalue weighted by molar-refractivity contribution is 7.89. The predicted octanol–water partition coefficient (Wildman–Crippen LogP) is 1.39. The zero-order valence-electron chi connectivity index (χ0n) is 10.9. The second-order valence-electron chi connectivity index (χ2n) is 4.84. The molecule has 1 fully saturated rings. The first-order chi connectivity index (χ1) is 9.29. The van der Waals surface area contributed by atoms with Gasteiger partial charge in [0.05, 0.1) is 6.10 Å². The van der Waals surface area contributed by atoms with Crippen molar-refractivity contribution in [3.63, 3.8) is 0 Å². The van der Waals surface area contributed by atoms with Crippen molar-refractivity contribution in [1.29, 1.82) is 0 Å². The molecular weight excluding hydrogens is 290 g/mol. The number of halogens is 2. The molecule has 0 radical (unpaired) electrons. The molecule has 0 amide bonds. The van der Waals surface area contributed by atoms with Gasteiger partial charge in [-0.2, -0.15) is 0 Å². The highest BCUT2D eigenvalue weighted by atomic mass is 32.2. The van der Waals surface area contributed by atoms with Gasteiger partial charge in [0.15, 0.2) is 4.90 Å². The van der Waals surface area contributed by atoms with Gasteiger partial charge in [-0.15, -0.1) is 0 Å². The van der Waals surface area contributed by atoms with Crippen LogP contribution in [0.2, 0.25) is 0 Å². The highest BCUT2D eigenvalue weighted by Gasteiger charge is 2.29. The van der Waals surface area contributed by atoms with Gasteiger partial charge >= 0.3 is 0 Å². The van der Waals surface area contributed by atoms with Crippen molar-refractivity contribution >= 4 is 15.7 Å². The third kappa shape index (κ3) is 3.25. The fraction of sp³-hybridized carbons (Fsp3) is 0.500. The highest BCUT2D eigenvalue weighted by Crippen LogP contribution is 2.23. The van der Waals surface area contributed by atoms with Crippen LogP contribution >= 0.6 is 0 Å². The van der Waals surface area contributed by atoms with Crippen molar-refractivity contribution < 1.29 is 21.9 Å². The molecule has 2 rings (SSSR count). The molecule has 0 aliphatic carbocycles. The van der Waals surface area contributed by atoms with Gasteiger partial charge in [0.2, 0.25) is 10.0 Å². The maximum Gasteiger partial charge on any atom is 0.246 e. The number of sulfonamides is 1. The molecule has 2 atom stereocenters. The number of nitrogens with two attached hydrogens (primary N) is 1. The fourth-order valence-electron chi connectivity index (χ4n) is 2.22. The number of hydrogen-bond donors (Lipinski definition) is 2. The molecule has 112 valence electrons. The average Bonchev–Trinajstić information content (AvgIpc) is 2.25. The Morgan fingerprint density at radius 2 is 1.95 bits per heavy atom. The lowest BCUT2D eigenvalue weighted by Crippen LogP contribution is -2.41. The standard InChI is InChI=1S/C12H16F2N2O3S/c1-7-4-9(2-3-19-7)16-20(17,18)12-10(13)5-8(15)6-11(12)14/h5-7,9,16H,2-4,15H2,1H3. The van der Waals surface area contributed by atoms with Crippen LogP contribution in [0.15, 0.2) is 17.0 Å². The van der Waals surface area contributed by atoms with E-state index in [9.17, 15) is 17.2 Å². The Bertz CT molecular complexity index is 584. The van der Waals surface area contributed by atoms with Gasteiger partial charge in [-0.3, -0.25) is 0 Å². The van der Waals surface area contributed by atoms with Gasteiger partial charge in [0.25, 0.3) is 0 Å². The Labute approximate surface area is 116 Å². The van der Waals surface area contributed by atoms with E-state index in [0.29, 0.717) is 19.4 Å². The normalized spacial score (nSPS) is 23.8. The first-order valence-corrected chi connectivity index (χ1v) is 7.66. The lowest BCUT2D eigenvalue weighted by Gasteiger charge is -2.27. The van der Waals surface area contributed by atoms with Crippen molar-refractivity contribution in [3.8, 4) is 0 Å². The van der Waals surface area contributed by atoms with Crippen LogP contribution in [-0.2, 0) is 14.8 Å². The Morgan fingerprint density at radius 1 is 1.35 bits per heavy atom. The van der Waals surface area contributed by atoms with E-state index in [0.717, 1.165) is 12.1 Å². The topological polar surface area (TPSA) is 81.4 Å². The molecule has 0 spiro atoms. The number of nitrogens with one attached hydrogen (secondary N) is 1. The van der Waals surface area contributed by atoms with Gasteiger partial charge in [-0.25, -0.2) is 21.9 Å². The molecule has 2 unspecified atom stereocenters. The Balaban J connectivity index is 2.27. The van der Waals surface area contributed by atoms with E-state index in [1.54, 1.807) is 0 Å². The minimum atomic E-state index is -4.27. The molecule has 20 heavy (non-hydrogen) atoms. The van der Waals surface area contributed by atoms with Crippen molar-refractivity contribution in [2.75, 3.05) is 12.3 Å². The zero-order chi connectivity index (χ0) is 14.9. The summed E-state index contributed by atoms with van der Waals surface area (Å²) < 4.78 is 59.1. The summed E-state index contributed by atoms with van der Waals surface area (Å²) in [5.41, 5.74) is 5.09. The molecule has 0 aromatic heterocycles. The summed E-state index contributed by atoms with van der Waals surface area (Å²) in [4.78, 5) is -0.995. The Morgan fingerprint density at radius 3 is 2.50 bits per heavy atom. The number of benzene rings is 1. The summed E-state index contributed by atoms with van der Waals surface area (Å²) in [5.74, 6) is -2.40. The van der Waals surface area contributed by atoms with Crippen LogP contribution in [-0.4, -0.2) is 27.2 Å². The van der Waals surface area contributed by atoms with E-state index in [1.807, 2.05) is 6.92 Å². The van der Waals surface area contributed by atoms with E-state index in [-0.39, 0.29) is 11.8 Å². The summed E-state index contributed by atoms with van der Waals surface area (Å²) in [6.45, 7) is 2.21. The number of anilines is 1. The van der Waals surface area contributed by atoms with E-state index in [1.165, 1.54) is 0 Å². The number of rotatable bonds is 3. The van der Waals surface area contributed by atoms with Crippen LogP contribution in [0.1, 0.15) is 19.8 Å². The van der Waals surface area contributed by atoms with Crippen LogP contribution in [0.5, 0.6) is 0 Å². The third-order valence-electron chi connectivity index (χ3n) is 3.10. The van der Waals surface area contributed by atoms with Crippen LogP contribution in [0, 0.1) is 11.6 Å². The van der Waals surface area contributed by atoms with E-state index in [2.05, 4.69) is 4.72 Å². The molecule has 1 saturated heterocycles. The molecule has 1 aliphatic rings. The van der Waals surface area contributed by atoms with Crippen LogP contribution < -0.4 is 10.5 Å². The first-order valence-electron chi connectivity index (χ1n) is 6.18. The van der Waals surface area contributed by atoms with E-state index >= 15 is 0 Å². The molecule has 1 aliphatic heterocycles. The van der Waals surface area contributed by atoms with Gasteiger partial charge in [0.1, 0.15) is 11.6 Å². The maximum atomic E-state index is 13.7. The lowest BCUT2D eigenvalue weighted by atomic mass is 10.1. The van der Waals surface area contributed by atoms with Crippen molar-refractivity contribution in [2.45, 2.75) is 36.8 Å². The minimum absolute atomic E-state index is 0.0995. The van der Waals surface area contributed by atoms with Gasteiger partial charge in [0, 0.05) is 18.3 Å². The molecule has 1 aromatic carbocycles.